The SMILES string of the molecule is CCCC/C=C/C(CCCCCCCCCCC)C1CC(=O)NC1=O. The lowest BCUT2D eigenvalue weighted by Crippen LogP contribution is -2.25. The third-order valence-corrected chi connectivity index (χ3v) is 5.27. The van der Waals surface area contributed by atoms with Gasteiger partial charge < -0.3 is 0 Å². The third-order valence-electron chi connectivity index (χ3n) is 5.27. The van der Waals surface area contributed by atoms with E-state index in [0.717, 1.165) is 19.3 Å². The van der Waals surface area contributed by atoms with Gasteiger partial charge in [-0.15, -0.1) is 0 Å². The van der Waals surface area contributed by atoms with Gasteiger partial charge in [-0.3, -0.25) is 14.9 Å². The van der Waals surface area contributed by atoms with E-state index < -0.39 is 0 Å². The predicted molar refractivity (Wildman–Crippen MR) is 105 cm³/mol. The third kappa shape index (κ3) is 9.81. The van der Waals surface area contributed by atoms with Crippen LogP contribution in [0.4, 0.5) is 0 Å². The topological polar surface area (TPSA) is 46.2 Å². The number of nitrogens with one attached hydrogen (secondary N) is 1. The fourth-order valence-corrected chi connectivity index (χ4v) is 3.63. The summed E-state index contributed by atoms with van der Waals surface area (Å²) >= 11 is 0. The van der Waals surface area contributed by atoms with Gasteiger partial charge in [0.1, 0.15) is 0 Å². The Hall–Kier alpha value is -1.12. The summed E-state index contributed by atoms with van der Waals surface area (Å²) in [5.41, 5.74) is 0. The van der Waals surface area contributed by atoms with Crippen molar-refractivity contribution in [1.82, 2.24) is 5.32 Å². The molecule has 0 spiro atoms. The maximum Gasteiger partial charge on any atom is 0.230 e. The monoisotopic (exact) mass is 349 g/mol. The number of hydrogen-bond acceptors (Lipinski definition) is 2. The van der Waals surface area contributed by atoms with Gasteiger partial charge in [0.15, 0.2) is 0 Å². The van der Waals surface area contributed by atoms with Crippen molar-refractivity contribution < 1.29 is 9.59 Å². The number of carbonyl (C=O) groups excluding carboxylic acids is 2. The highest BCUT2D eigenvalue weighted by Crippen LogP contribution is 2.27. The second kappa shape index (κ2) is 14.1. The lowest BCUT2D eigenvalue weighted by Gasteiger charge is -2.17. The van der Waals surface area contributed by atoms with Crippen molar-refractivity contribution in [3.63, 3.8) is 0 Å². The molecule has 1 aliphatic rings. The fraction of sp³-hybridized carbons (Fsp3) is 0.818. The van der Waals surface area contributed by atoms with E-state index >= 15 is 0 Å². The molecule has 2 amide bonds. The van der Waals surface area contributed by atoms with Crippen LogP contribution in [0.1, 0.15) is 104 Å². The first kappa shape index (κ1) is 21.9. The summed E-state index contributed by atoms with van der Waals surface area (Å²) in [6.45, 7) is 4.45. The molecule has 1 fully saturated rings. The molecule has 3 heteroatoms. The summed E-state index contributed by atoms with van der Waals surface area (Å²) in [7, 11) is 0. The zero-order chi connectivity index (χ0) is 18.3. The largest absolute Gasteiger partial charge is 0.296 e. The lowest BCUT2D eigenvalue weighted by molar-refractivity contribution is -0.126. The number of rotatable bonds is 15. The molecule has 1 saturated heterocycles. The predicted octanol–water partition coefficient (Wildman–Crippen LogP) is 5.93. The average Bonchev–Trinajstić information content (AvgIpc) is 2.93. The van der Waals surface area contributed by atoms with Gasteiger partial charge in [-0.1, -0.05) is 96.6 Å². The molecule has 144 valence electrons. The molecular formula is C22H39NO2. The molecule has 0 aliphatic carbocycles. The van der Waals surface area contributed by atoms with Gasteiger partial charge in [0, 0.05) is 6.42 Å². The zero-order valence-corrected chi connectivity index (χ0v) is 16.5. The van der Waals surface area contributed by atoms with E-state index in [1.165, 1.54) is 64.2 Å². The highest BCUT2D eigenvalue weighted by Gasteiger charge is 2.35. The van der Waals surface area contributed by atoms with Crippen molar-refractivity contribution in [2.75, 3.05) is 0 Å². The van der Waals surface area contributed by atoms with Crippen LogP contribution >= 0.6 is 0 Å². The van der Waals surface area contributed by atoms with E-state index in [4.69, 9.17) is 0 Å². The summed E-state index contributed by atoms with van der Waals surface area (Å²) in [5, 5.41) is 2.47. The molecule has 0 aromatic rings. The van der Waals surface area contributed by atoms with Crippen molar-refractivity contribution in [1.29, 1.82) is 0 Å². The Morgan fingerprint density at radius 2 is 1.52 bits per heavy atom. The Labute approximate surface area is 155 Å². The molecule has 3 nitrogen and oxygen atoms in total. The summed E-state index contributed by atoms with van der Waals surface area (Å²) in [6, 6.07) is 0. The van der Waals surface area contributed by atoms with Crippen LogP contribution in [0.2, 0.25) is 0 Å². The molecular weight excluding hydrogens is 310 g/mol. The van der Waals surface area contributed by atoms with Crippen molar-refractivity contribution in [2.24, 2.45) is 11.8 Å². The molecule has 0 radical (unpaired) electrons. The minimum absolute atomic E-state index is 0.0638. The second-order valence-corrected chi connectivity index (χ2v) is 7.57. The standard InChI is InChI=1S/C22H39NO2/c1-3-5-7-9-10-11-12-13-15-17-19(16-14-8-6-4-2)20-18-21(24)23-22(20)25/h14,16,19-20H,3-13,15,17-18H2,1-2H3,(H,23,24,25)/b16-14+. The molecule has 2 unspecified atom stereocenters. The Kier molecular flexibility index (Phi) is 12.4. The highest BCUT2D eigenvalue weighted by atomic mass is 16.2. The van der Waals surface area contributed by atoms with Crippen molar-refractivity contribution in [3.8, 4) is 0 Å². The molecule has 2 atom stereocenters. The Bertz CT molecular complexity index is 403. The summed E-state index contributed by atoms with van der Waals surface area (Å²) in [4.78, 5) is 23.5. The first-order valence-corrected chi connectivity index (χ1v) is 10.7. The normalized spacial score (nSPS) is 18.9. The molecule has 25 heavy (non-hydrogen) atoms. The number of amides is 2. The fourth-order valence-electron chi connectivity index (χ4n) is 3.63. The Balaban J connectivity index is 2.27. The van der Waals surface area contributed by atoms with Gasteiger partial charge in [0.25, 0.3) is 0 Å². The number of unbranched alkanes of at least 4 members (excludes halogenated alkanes) is 10. The first-order valence-electron chi connectivity index (χ1n) is 10.7. The van der Waals surface area contributed by atoms with Crippen molar-refractivity contribution in [2.45, 2.75) is 104 Å². The maximum atomic E-state index is 12.0. The van der Waals surface area contributed by atoms with E-state index in [-0.39, 0.29) is 23.7 Å². The number of hydrogen-bond donors (Lipinski definition) is 1. The Morgan fingerprint density at radius 3 is 2.08 bits per heavy atom. The van der Waals surface area contributed by atoms with E-state index in [1.54, 1.807) is 0 Å². The zero-order valence-electron chi connectivity index (χ0n) is 16.5. The van der Waals surface area contributed by atoms with Crippen LogP contribution in [-0.2, 0) is 9.59 Å². The smallest absolute Gasteiger partial charge is 0.230 e. The molecule has 0 aromatic carbocycles. The van der Waals surface area contributed by atoms with Gasteiger partial charge in [-0.2, -0.15) is 0 Å². The first-order chi connectivity index (χ1) is 12.2. The molecule has 0 bridgehead atoms. The van der Waals surface area contributed by atoms with Crippen LogP contribution in [0.25, 0.3) is 0 Å². The van der Waals surface area contributed by atoms with Gasteiger partial charge in [0.2, 0.25) is 11.8 Å². The lowest BCUT2D eigenvalue weighted by atomic mass is 9.85. The van der Waals surface area contributed by atoms with Crippen LogP contribution in [0, 0.1) is 11.8 Å². The van der Waals surface area contributed by atoms with E-state index in [1.807, 2.05) is 0 Å². The van der Waals surface area contributed by atoms with Gasteiger partial charge >= 0.3 is 0 Å². The maximum absolute atomic E-state index is 12.0. The molecule has 1 aliphatic heterocycles. The van der Waals surface area contributed by atoms with Crippen molar-refractivity contribution >= 4 is 11.8 Å². The van der Waals surface area contributed by atoms with Crippen molar-refractivity contribution in [3.05, 3.63) is 12.2 Å². The van der Waals surface area contributed by atoms with E-state index in [9.17, 15) is 9.59 Å². The summed E-state index contributed by atoms with van der Waals surface area (Å²) < 4.78 is 0. The molecule has 0 saturated carbocycles. The molecule has 1 rings (SSSR count). The number of carbonyl (C=O) groups is 2. The van der Waals surface area contributed by atoms with Crippen LogP contribution in [-0.4, -0.2) is 11.8 Å². The molecule has 1 N–H and O–H groups in total. The minimum Gasteiger partial charge on any atom is -0.296 e. The highest BCUT2D eigenvalue weighted by molar-refractivity contribution is 6.03. The number of allylic oxidation sites excluding steroid dienone is 2. The van der Waals surface area contributed by atoms with Gasteiger partial charge in [-0.25, -0.2) is 0 Å². The van der Waals surface area contributed by atoms with E-state index in [0.29, 0.717) is 6.42 Å². The average molecular weight is 350 g/mol. The quantitative estimate of drug-likeness (QED) is 0.226. The minimum atomic E-state index is -0.139. The molecule has 1 heterocycles. The number of imide groups is 1. The van der Waals surface area contributed by atoms with Crippen LogP contribution in [0.15, 0.2) is 12.2 Å². The second-order valence-electron chi connectivity index (χ2n) is 7.57. The van der Waals surface area contributed by atoms with Crippen LogP contribution in [0.3, 0.4) is 0 Å². The van der Waals surface area contributed by atoms with Gasteiger partial charge in [-0.05, 0) is 18.8 Å². The molecule has 0 aromatic heterocycles. The van der Waals surface area contributed by atoms with Crippen LogP contribution in [0.5, 0.6) is 0 Å². The Morgan fingerprint density at radius 1 is 0.920 bits per heavy atom. The van der Waals surface area contributed by atoms with Crippen LogP contribution < -0.4 is 5.32 Å². The van der Waals surface area contributed by atoms with Gasteiger partial charge in [0.05, 0.1) is 5.92 Å². The summed E-state index contributed by atoms with van der Waals surface area (Å²) in [6.07, 6.45) is 21.1. The summed E-state index contributed by atoms with van der Waals surface area (Å²) in [5.74, 6) is -0.0765. The van der Waals surface area contributed by atoms with E-state index in [2.05, 4.69) is 31.3 Å².